The van der Waals surface area contributed by atoms with Gasteiger partial charge in [0.25, 0.3) is 0 Å². The van der Waals surface area contributed by atoms with Gasteiger partial charge in [0, 0.05) is 12.3 Å². The van der Waals surface area contributed by atoms with E-state index in [0.717, 1.165) is 23.3 Å². The van der Waals surface area contributed by atoms with E-state index in [1.165, 1.54) is 6.07 Å². The molecular weight excluding hydrogens is 282 g/mol. The lowest BCUT2D eigenvalue weighted by Gasteiger charge is -2.16. The zero-order valence-electron chi connectivity index (χ0n) is 12.8. The topological polar surface area (TPSA) is 85.7 Å². The van der Waals surface area contributed by atoms with Crippen LogP contribution in [0.5, 0.6) is 5.75 Å². The van der Waals surface area contributed by atoms with Gasteiger partial charge in [0.2, 0.25) is 5.76 Å². The Morgan fingerprint density at radius 3 is 2.68 bits per heavy atom. The number of ether oxygens (including phenoxy) is 1. The molecule has 1 aromatic carbocycles. The zero-order chi connectivity index (χ0) is 16.1. The second-order valence-electron chi connectivity index (χ2n) is 5.13. The molecule has 5 heteroatoms. The maximum absolute atomic E-state index is 10.9. The monoisotopic (exact) mass is 303 g/mol. The maximum atomic E-state index is 10.9. The number of nitrogens with two attached hydrogens (primary N) is 1. The lowest BCUT2D eigenvalue weighted by Crippen LogP contribution is -2.15. The molecule has 0 saturated heterocycles. The Kier molecular flexibility index (Phi) is 5.22. The molecule has 2 rings (SSSR count). The predicted octanol–water partition coefficient (Wildman–Crippen LogP) is 2.83. The van der Waals surface area contributed by atoms with Crippen molar-refractivity contribution in [1.29, 1.82) is 0 Å². The molecule has 0 aliphatic carbocycles. The van der Waals surface area contributed by atoms with Crippen LogP contribution in [-0.2, 0) is 12.8 Å². The molecule has 0 radical (unpaired) electrons. The van der Waals surface area contributed by atoms with Crippen LogP contribution in [0.3, 0.4) is 0 Å². The van der Waals surface area contributed by atoms with Crippen molar-refractivity contribution in [1.82, 2.24) is 0 Å². The molecule has 1 unspecified atom stereocenters. The van der Waals surface area contributed by atoms with Gasteiger partial charge in [-0.05, 0) is 42.3 Å². The molecule has 3 N–H and O–H groups in total. The highest BCUT2D eigenvalue weighted by Gasteiger charge is 2.16. The number of hydrogen-bond acceptors (Lipinski definition) is 4. The smallest absolute Gasteiger partial charge is 0.371 e. The molecule has 0 saturated carbocycles. The third-order valence-electron chi connectivity index (χ3n) is 3.76. The van der Waals surface area contributed by atoms with Crippen LogP contribution in [0, 0.1) is 0 Å². The van der Waals surface area contributed by atoms with Gasteiger partial charge in [-0.25, -0.2) is 4.79 Å². The van der Waals surface area contributed by atoms with Gasteiger partial charge in [-0.2, -0.15) is 0 Å². The Labute approximate surface area is 129 Å². The summed E-state index contributed by atoms with van der Waals surface area (Å²) in [6.07, 6.45) is 1.44. The highest BCUT2D eigenvalue weighted by atomic mass is 16.5. The number of aryl methyl sites for hydroxylation is 1. The van der Waals surface area contributed by atoms with Crippen LogP contribution in [0.25, 0.3) is 0 Å². The number of aromatic carboxylic acids is 1. The van der Waals surface area contributed by atoms with Crippen LogP contribution in [0.15, 0.2) is 34.7 Å². The summed E-state index contributed by atoms with van der Waals surface area (Å²) in [6.45, 7) is 2.53. The van der Waals surface area contributed by atoms with Gasteiger partial charge in [-0.15, -0.1) is 0 Å². The lowest BCUT2D eigenvalue weighted by molar-refractivity contribution is 0.0660. The highest BCUT2D eigenvalue weighted by molar-refractivity contribution is 5.84. The van der Waals surface area contributed by atoms with E-state index in [9.17, 15) is 4.79 Å². The summed E-state index contributed by atoms with van der Waals surface area (Å²) in [5.74, 6) is 0.460. The van der Waals surface area contributed by atoms with Gasteiger partial charge in [-0.1, -0.05) is 19.1 Å². The van der Waals surface area contributed by atoms with Crippen LogP contribution >= 0.6 is 0 Å². The fraction of sp³-hybridized carbons (Fsp3) is 0.353. The van der Waals surface area contributed by atoms with E-state index in [-0.39, 0.29) is 11.7 Å². The van der Waals surface area contributed by atoms with Crippen molar-refractivity contribution >= 4 is 5.97 Å². The summed E-state index contributed by atoms with van der Waals surface area (Å²) in [5, 5.41) is 8.90. The molecule has 1 aromatic heterocycles. The molecule has 0 fully saturated rings. The van der Waals surface area contributed by atoms with Crippen LogP contribution in [0.2, 0.25) is 0 Å². The molecular formula is C17H21NO4. The Hall–Kier alpha value is -2.27. The van der Waals surface area contributed by atoms with Crippen molar-refractivity contribution in [3.63, 3.8) is 0 Å². The number of methoxy groups -OCH3 is 1. The summed E-state index contributed by atoms with van der Waals surface area (Å²) in [4.78, 5) is 10.9. The summed E-state index contributed by atoms with van der Waals surface area (Å²) >= 11 is 0. The summed E-state index contributed by atoms with van der Waals surface area (Å²) in [7, 11) is 1.66. The summed E-state index contributed by atoms with van der Waals surface area (Å²) < 4.78 is 10.7. The molecule has 0 bridgehead atoms. The Morgan fingerprint density at radius 2 is 2.14 bits per heavy atom. The molecule has 0 amide bonds. The van der Waals surface area contributed by atoms with Crippen LogP contribution in [0.1, 0.15) is 40.3 Å². The standard InChI is InChI=1S/C17H21NO4/c1-3-11-8-12(4-6-15(11)21-2)13(10-18)9-14-5-7-16(22-14)17(19)20/h4-8,13H,3,9-10,18H2,1-2H3,(H,19,20). The first-order valence-corrected chi connectivity index (χ1v) is 7.27. The van der Waals surface area contributed by atoms with Crippen molar-refractivity contribution in [3.8, 4) is 5.75 Å². The fourth-order valence-corrected chi connectivity index (χ4v) is 2.51. The fourth-order valence-electron chi connectivity index (χ4n) is 2.51. The SMILES string of the molecule is CCc1cc(C(CN)Cc2ccc(C(=O)O)o2)ccc1OC. The van der Waals surface area contributed by atoms with Crippen molar-refractivity contribution in [3.05, 3.63) is 53.0 Å². The van der Waals surface area contributed by atoms with Crippen molar-refractivity contribution in [2.45, 2.75) is 25.7 Å². The number of hydrogen-bond donors (Lipinski definition) is 2. The zero-order valence-corrected chi connectivity index (χ0v) is 12.8. The Bertz CT molecular complexity index is 648. The third-order valence-corrected chi connectivity index (χ3v) is 3.76. The molecule has 0 aliphatic heterocycles. The van der Waals surface area contributed by atoms with Crippen molar-refractivity contribution in [2.75, 3.05) is 13.7 Å². The summed E-state index contributed by atoms with van der Waals surface area (Å²) in [5.41, 5.74) is 8.13. The molecule has 0 aliphatic rings. The quantitative estimate of drug-likeness (QED) is 0.821. The van der Waals surface area contributed by atoms with E-state index in [1.54, 1.807) is 13.2 Å². The minimum Gasteiger partial charge on any atom is -0.496 e. The summed E-state index contributed by atoms with van der Waals surface area (Å²) in [6, 6.07) is 9.20. The number of carboxylic acids is 1. The first kappa shape index (κ1) is 16.1. The van der Waals surface area contributed by atoms with Crippen molar-refractivity contribution in [2.24, 2.45) is 5.73 Å². The van der Waals surface area contributed by atoms with Crippen molar-refractivity contribution < 1.29 is 19.1 Å². The molecule has 5 nitrogen and oxygen atoms in total. The minimum atomic E-state index is -1.06. The normalized spacial score (nSPS) is 12.1. The van der Waals surface area contributed by atoms with Crippen LogP contribution in [0.4, 0.5) is 0 Å². The second-order valence-corrected chi connectivity index (χ2v) is 5.13. The third kappa shape index (κ3) is 3.49. The van der Waals surface area contributed by atoms with E-state index in [1.807, 2.05) is 12.1 Å². The van der Waals surface area contributed by atoms with Gasteiger partial charge < -0.3 is 20.0 Å². The number of carbonyl (C=O) groups is 1. The van der Waals surface area contributed by atoms with E-state index in [4.69, 9.17) is 20.0 Å². The van der Waals surface area contributed by atoms with E-state index >= 15 is 0 Å². The van der Waals surface area contributed by atoms with Crippen LogP contribution < -0.4 is 10.5 Å². The predicted molar refractivity (Wildman–Crippen MR) is 83.5 cm³/mol. The average molecular weight is 303 g/mol. The number of carboxylic acid groups (broad SMARTS) is 1. The van der Waals surface area contributed by atoms with E-state index in [2.05, 4.69) is 13.0 Å². The Balaban J connectivity index is 2.22. The largest absolute Gasteiger partial charge is 0.496 e. The second kappa shape index (κ2) is 7.13. The molecule has 22 heavy (non-hydrogen) atoms. The first-order chi connectivity index (χ1) is 10.6. The maximum Gasteiger partial charge on any atom is 0.371 e. The van der Waals surface area contributed by atoms with E-state index in [0.29, 0.717) is 18.7 Å². The van der Waals surface area contributed by atoms with Gasteiger partial charge in [0.05, 0.1) is 7.11 Å². The molecule has 1 atom stereocenters. The lowest BCUT2D eigenvalue weighted by atomic mass is 9.92. The molecule has 0 spiro atoms. The number of furan rings is 1. The number of benzene rings is 1. The van der Waals surface area contributed by atoms with Crippen LogP contribution in [-0.4, -0.2) is 24.7 Å². The molecule has 1 heterocycles. The van der Waals surface area contributed by atoms with Gasteiger partial charge >= 0.3 is 5.97 Å². The molecule has 2 aromatic rings. The number of rotatable bonds is 7. The average Bonchev–Trinajstić information content (AvgIpc) is 3.00. The Morgan fingerprint density at radius 1 is 1.36 bits per heavy atom. The van der Waals surface area contributed by atoms with Gasteiger partial charge in [0.15, 0.2) is 0 Å². The van der Waals surface area contributed by atoms with E-state index < -0.39 is 5.97 Å². The highest BCUT2D eigenvalue weighted by Crippen LogP contribution is 2.27. The first-order valence-electron chi connectivity index (χ1n) is 7.27. The van der Waals surface area contributed by atoms with Gasteiger partial charge in [0.1, 0.15) is 11.5 Å². The van der Waals surface area contributed by atoms with Gasteiger partial charge in [-0.3, -0.25) is 0 Å². The minimum absolute atomic E-state index is 0.0465. The molecule has 118 valence electrons.